The lowest BCUT2D eigenvalue weighted by Gasteiger charge is -2.17. The van der Waals surface area contributed by atoms with E-state index in [1.807, 2.05) is 13.1 Å². The second-order valence-electron chi connectivity index (χ2n) is 7.74. The minimum absolute atomic E-state index is 0.193. The predicted molar refractivity (Wildman–Crippen MR) is 105 cm³/mol. The van der Waals surface area contributed by atoms with Crippen LogP contribution in [0, 0.1) is 5.41 Å². The highest BCUT2D eigenvalue weighted by Gasteiger charge is 2.48. The molecule has 28 heavy (non-hydrogen) atoms. The Kier molecular flexibility index (Phi) is 3.97. The molecule has 1 saturated heterocycles. The van der Waals surface area contributed by atoms with Gasteiger partial charge in [-0.2, -0.15) is 0 Å². The lowest BCUT2D eigenvalue weighted by molar-refractivity contribution is 0.405. The van der Waals surface area contributed by atoms with Gasteiger partial charge in [0.15, 0.2) is 0 Å². The molecule has 1 aliphatic heterocycles. The van der Waals surface area contributed by atoms with Crippen LogP contribution in [-0.2, 0) is 0 Å². The summed E-state index contributed by atoms with van der Waals surface area (Å²) in [5.41, 5.74) is 1.64. The third kappa shape index (κ3) is 3.07. The zero-order valence-electron chi connectivity index (χ0n) is 15.5. The zero-order chi connectivity index (χ0) is 19.3. The van der Waals surface area contributed by atoms with Gasteiger partial charge in [0.1, 0.15) is 23.4 Å². The molecule has 2 aliphatic rings. The smallest absolute Gasteiger partial charge is 0.253 e. The van der Waals surface area contributed by atoms with E-state index >= 15 is 0 Å². The van der Waals surface area contributed by atoms with Gasteiger partial charge < -0.3 is 4.90 Å². The summed E-state index contributed by atoms with van der Waals surface area (Å²) < 4.78 is 3.18. The van der Waals surface area contributed by atoms with Crippen molar-refractivity contribution in [3.05, 3.63) is 52.3 Å². The third-order valence-corrected chi connectivity index (χ3v) is 6.04. The average molecular weight is 398 g/mol. The molecule has 1 spiro atoms. The van der Waals surface area contributed by atoms with Crippen LogP contribution in [0.15, 0.2) is 41.7 Å². The number of hydrogen-bond donors (Lipinski definition) is 0. The minimum Gasteiger partial charge on any atom is -0.355 e. The maximum absolute atomic E-state index is 12.2. The van der Waals surface area contributed by atoms with Crippen molar-refractivity contribution in [2.45, 2.75) is 32.4 Å². The van der Waals surface area contributed by atoms with Crippen LogP contribution in [0.2, 0.25) is 5.02 Å². The molecule has 0 aromatic carbocycles. The summed E-state index contributed by atoms with van der Waals surface area (Å²) in [6.45, 7) is 3.96. The van der Waals surface area contributed by atoms with E-state index in [4.69, 9.17) is 16.6 Å². The summed E-state index contributed by atoms with van der Waals surface area (Å²) in [5.74, 6) is 0.887. The number of hydrogen-bond acceptors (Lipinski definition) is 6. The number of pyridine rings is 1. The van der Waals surface area contributed by atoms with E-state index in [2.05, 4.69) is 20.2 Å². The molecule has 4 heterocycles. The first kappa shape index (κ1) is 17.4. The molecule has 0 radical (unpaired) electrons. The van der Waals surface area contributed by atoms with E-state index in [0.717, 1.165) is 18.9 Å². The fourth-order valence-corrected chi connectivity index (χ4v) is 3.98. The molecular weight excluding hydrogens is 378 g/mol. The van der Waals surface area contributed by atoms with Crippen molar-refractivity contribution in [1.82, 2.24) is 29.5 Å². The molecule has 1 unspecified atom stereocenters. The highest BCUT2D eigenvalue weighted by molar-refractivity contribution is 6.30. The van der Waals surface area contributed by atoms with E-state index in [1.165, 1.54) is 25.3 Å². The van der Waals surface area contributed by atoms with Gasteiger partial charge in [0.25, 0.3) is 5.56 Å². The first-order chi connectivity index (χ1) is 13.5. The van der Waals surface area contributed by atoms with Gasteiger partial charge in [-0.3, -0.25) is 14.3 Å². The number of nitrogens with zero attached hydrogens (tertiary/aromatic N) is 7. The Morgan fingerprint density at radius 3 is 2.82 bits per heavy atom. The molecule has 3 aromatic heterocycles. The largest absolute Gasteiger partial charge is 0.355 e. The predicted octanol–water partition coefficient (Wildman–Crippen LogP) is 2.61. The van der Waals surface area contributed by atoms with Crippen molar-refractivity contribution in [2.75, 3.05) is 18.0 Å². The zero-order valence-corrected chi connectivity index (χ0v) is 16.2. The van der Waals surface area contributed by atoms with Gasteiger partial charge in [0, 0.05) is 30.4 Å². The van der Waals surface area contributed by atoms with Crippen LogP contribution in [-0.4, -0.2) is 42.6 Å². The summed E-state index contributed by atoms with van der Waals surface area (Å²) in [6.07, 6.45) is 10.5. The Morgan fingerprint density at radius 2 is 2.07 bits per heavy atom. The number of anilines is 1. The molecule has 5 rings (SSSR count). The van der Waals surface area contributed by atoms with Crippen LogP contribution in [0.25, 0.3) is 11.4 Å². The quantitative estimate of drug-likeness (QED) is 0.673. The second kappa shape index (κ2) is 6.41. The van der Waals surface area contributed by atoms with Gasteiger partial charge in [-0.05, 0) is 37.7 Å². The highest BCUT2D eigenvalue weighted by Crippen LogP contribution is 2.53. The lowest BCUT2D eigenvalue weighted by atomic mass is 10.1. The summed E-state index contributed by atoms with van der Waals surface area (Å²) >= 11 is 5.87. The Balaban J connectivity index is 1.40. The molecule has 1 saturated carbocycles. The second-order valence-corrected chi connectivity index (χ2v) is 8.18. The molecule has 1 atom stereocenters. The van der Waals surface area contributed by atoms with E-state index < -0.39 is 0 Å². The maximum Gasteiger partial charge on any atom is 0.253 e. The number of aromatic nitrogens is 6. The fraction of sp³-hybridized carbons (Fsp3) is 0.421. The van der Waals surface area contributed by atoms with Crippen LogP contribution < -0.4 is 10.5 Å². The van der Waals surface area contributed by atoms with Crippen molar-refractivity contribution < 1.29 is 0 Å². The van der Waals surface area contributed by atoms with E-state index in [9.17, 15) is 4.79 Å². The highest BCUT2D eigenvalue weighted by atomic mass is 35.5. The van der Waals surface area contributed by atoms with Crippen molar-refractivity contribution in [1.29, 1.82) is 0 Å². The van der Waals surface area contributed by atoms with Crippen molar-refractivity contribution in [2.24, 2.45) is 5.41 Å². The third-order valence-electron chi connectivity index (χ3n) is 5.81. The van der Waals surface area contributed by atoms with E-state index in [1.54, 1.807) is 33.9 Å². The Hall–Kier alpha value is -2.74. The first-order valence-electron chi connectivity index (χ1n) is 9.40. The summed E-state index contributed by atoms with van der Waals surface area (Å²) in [5, 5.41) is 8.84. The van der Waals surface area contributed by atoms with E-state index in [0.29, 0.717) is 21.8 Å². The fourth-order valence-electron chi connectivity index (χ4n) is 3.83. The minimum atomic E-state index is -0.338. The molecule has 144 valence electrons. The van der Waals surface area contributed by atoms with Crippen LogP contribution >= 0.6 is 11.6 Å². The van der Waals surface area contributed by atoms with Crippen LogP contribution in [0.3, 0.4) is 0 Å². The molecule has 9 heteroatoms. The Bertz CT molecular complexity index is 1090. The lowest BCUT2D eigenvalue weighted by Crippen LogP contribution is -2.26. The van der Waals surface area contributed by atoms with Gasteiger partial charge in [0.05, 0.1) is 18.6 Å². The SMILES string of the molecule is CC(n1cc(-c2cncc(N3CCC4(CC4)C3)n2)nn1)n1ccc(Cl)cc1=O. The van der Waals surface area contributed by atoms with Crippen LogP contribution in [0.4, 0.5) is 5.82 Å². The molecule has 0 bridgehead atoms. The van der Waals surface area contributed by atoms with Gasteiger partial charge in [-0.25, -0.2) is 9.67 Å². The Morgan fingerprint density at radius 1 is 1.21 bits per heavy atom. The topological polar surface area (TPSA) is 81.7 Å². The molecule has 0 N–H and O–H groups in total. The maximum atomic E-state index is 12.2. The van der Waals surface area contributed by atoms with Crippen LogP contribution in [0.5, 0.6) is 0 Å². The molecule has 2 fully saturated rings. The summed E-state index contributed by atoms with van der Waals surface area (Å²) in [6, 6.07) is 3.06. The van der Waals surface area contributed by atoms with Crippen molar-refractivity contribution in [3.63, 3.8) is 0 Å². The van der Waals surface area contributed by atoms with Crippen molar-refractivity contribution in [3.8, 4) is 11.4 Å². The number of halogens is 1. The molecular formula is C19H20ClN7O. The molecule has 8 nitrogen and oxygen atoms in total. The van der Waals surface area contributed by atoms with Crippen LogP contribution in [0.1, 0.15) is 32.4 Å². The van der Waals surface area contributed by atoms with Gasteiger partial charge in [-0.15, -0.1) is 5.10 Å². The molecule has 0 amide bonds. The molecule has 3 aromatic rings. The Labute approximate surface area is 166 Å². The van der Waals surface area contributed by atoms with Gasteiger partial charge >= 0.3 is 0 Å². The monoisotopic (exact) mass is 397 g/mol. The number of rotatable bonds is 4. The van der Waals surface area contributed by atoms with Gasteiger partial charge in [-0.1, -0.05) is 16.8 Å². The first-order valence-corrected chi connectivity index (χ1v) is 9.78. The molecule has 1 aliphatic carbocycles. The van der Waals surface area contributed by atoms with E-state index in [-0.39, 0.29) is 11.7 Å². The van der Waals surface area contributed by atoms with Crippen molar-refractivity contribution >= 4 is 17.4 Å². The summed E-state index contributed by atoms with van der Waals surface area (Å²) in [4.78, 5) is 23.6. The average Bonchev–Trinajstić information content (AvgIpc) is 3.09. The summed E-state index contributed by atoms with van der Waals surface area (Å²) in [7, 11) is 0. The van der Waals surface area contributed by atoms with Gasteiger partial charge in [0.2, 0.25) is 0 Å². The normalized spacial score (nSPS) is 18.6. The standard InChI is InChI=1S/C19H20ClN7O/c1-13(26-6-2-14(20)8-18(26)28)27-11-16(23-24-27)15-9-21-10-17(22-15)25-7-5-19(12-25)3-4-19/h2,6,8-11,13H,3-5,7,12H2,1H3.